The lowest BCUT2D eigenvalue weighted by Crippen LogP contribution is -2.28. The van der Waals surface area contributed by atoms with Crippen molar-refractivity contribution >= 4 is 18.4 Å². The Morgan fingerprint density at radius 1 is 1.71 bits per heavy atom. The first kappa shape index (κ1) is 9.84. The normalized spacial score (nSPS) is 11.7. The summed E-state index contributed by atoms with van der Waals surface area (Å²) in [6.07, 6.45) is -1.73. The van der Waals surface area contributed by atoms with E-state index in [1.54, 1.807) is 0 Å². The Kier molecular flexibility index (Phi) is 5.42. The Hall–Kier alpha value is -0.320. The quantitative estimate of drug-likeness (QED) is 0.385. The highest BCUT2D eigenvalue weighted by Crippen LogP contribution is 1.62. The topological polar surface area (TPSA) is 83.5 Å². The molecule has 44 valence electrons. The summed E-state index contributed by atoms with van der Waals surface area (Å²) in [5.41, 5.74) is 4.39. The van der Waals surface area contributed by atoms with Crippen LogP contribution >= 0.6 is 12.4 Å². The highest BCUT2D eigenvalue weighted by Gasteiger charge is 2.01. The van der Waals surface area contributed by atoms with Crippen molar-refractivity contribution in [3.63, 3.8) is 0 Å². The van der Waals surface area contributed by atoms with Crippen LogP contribution in [0.5, 0.6) is 0 Å². The summed E-state index contributed by atoms with van der Waals surface area (Å²) in [4.78, 5) is 9.32. The summed E-state index contributed by atoms with van der Waals surface area (Å²) in [5, 5.41) is 15.4. The Bertz CT molecular complexity index is 64.0. The fraction of sp³-hybridized carbons (Fsp3) is 0.500. The standard InChI is InChI=1S/C2H5NO3.ClH/c3-1(4)2(5)6;/h1,4H,3H2,(H,5,6);1H. The summed E-state index contributed by atoms with van der Waals surface area (Å²) in [6, 6.07) is 0. The SMILES string of the molecule is Cl.NC(O)C(=O)O. The number of carboxylic acid groups (broad SMARTS) is 1. The third-order valence-corrected chi connectivity index (χ3v) is 0.253. The number of aliphatic hydroxyl groups is 1. The summed E-state index contributed by atoms with van der Waals surface area (Å²) < 4.78 is 0. The summed E-state index contributed by atoms with van der Waals surface area (Å²) in [6.45, 7) is 0. The van der Waals surface area contributed by atoms with Gasteiger partial charge in [-0.1, -0.05) is 0 Å². The van der Waals surface area contributed by atoms with E-state index in [2.05, 4.69) is 5.73 Å². The van der Waals surface area contributed by atoms with Crippen LogP contribution in [-0.4, -0.2) is 22.4 Å². The molecule has 0 aliphatic rings. The molecule has 0 aliphatic carbocycles. The molecule has 0 heterocycles. The maximum atomic E-state index is 9.32. The van der Waals surface area contributed by atoms with E-state index in [9.17, 15) is 4.79 Å². The minimum atomic E-state index is -1.73. The van der Waals surface area contributed by atoms with Gasteiger partial charge in [-0.25, -0.2) is 4.79 Å². The second kappa shape index (κ2) is 3.86. The first-order chi connectivity index (χ1) is 2.64. The van der Waals surface area contributed by atoms with Crippen molar-refractivity contribution in [3.8, 4) is 0 Å². The molecular weight excluding hydrogens is 121 g/mol. The molecule has 0 aliphatic heterocycles. The second-order valence-electron chi connectivity index (χ2n) is 0.783. The molecule has 5 heteroatoms. The van der Waals surface area contributed by atoms with E-state index in [1.165, 1.54) is 0 Å². The van der Waals surface area contributed by atoms with E-state index in [0.717, 1.165) is 0 Å². The lowest BCUT2D eigenvalue weighted by atomic mass is 10.6. The van der Waals surface area contributed by atoms with Crippen LogP contribution in [-0.2, 0) is 4.79 Å². The van der Waals surface area contributed by atoms with Crippen molar-refractivity contribution in [2.75, 3.05) is 0 Å². The lowest BCUT2D eigenvalue weighted by molar-refractivity contribution is -0.146. The molecule has 0 amide bonds. The number of nitrogens with two attached hydrogens (primary N) is 1. The van der Waals surface area contributed by atoms with Crippen LogP contribution in [0.2, 0.25) is 0 Å². The zero-order chi connectivity index (χ0) is 5.15. The van der Waals surface area contributed by atoms with Gasteiger partial charge in [0, 0.05) is 0 Å². The first-order valence-electron chi connectivity index (χ1n) is 1.31. The first-order valence-corrected chi connectivity index (χ1v) is 1.31. The number of aliphatic carboxylic acids is 1. The minimum Gasteiger partial charge on any atom is -0.478 e. The monoisotopic (exact) mass is 127 g/mol. The number of hydrogen-bond donors (Lipinski definition) is 3. The lowest BCUT2D eigenvalue weighted by Gasteiger charge is -1.89. The molecule has 0 fully saturated rings. The third kappa shape index (κ3) is 5.68. The number of carboxylic acids is 1. The maximum absolute atomic E-state index is 9.32. The van der Waals surface area contributed by atoms with Gasteiger partial charge in [0.1, 0.15) is 0 Å². The van der Waals surface area contributed by atoms with Gasteiger partial charge >= 0.3 is 5.97 Å². The number of aliphatic hydroxyl groups excluding tert-OH is 1. The van der Waals surface area contributed by atoms with Crippen molar-refractivity contribution in [3.05, 3.63) is 0 Å². The van der Waals surface area contributed by atoms with Crippen molar-refractivity contribution < 1.29 is 15.0 Å². The summed E-state index contributed by atoms with van der Waals surface area (Å²) in [5.74, 6) is -1.41. The van der Waals surface area contributed by atoms with Crippen molar-refractivity contribution in [2.45, 2.75) is 6.23 Å². The predicted octanol–water partition coefficient (Wildman–Crippen LogP) is -1.23. The smallest absolute Gasteiger partial charge is 0.347 e. The van der Waals surface area contributed by atoms with Crippen molar-refractivity contribution in [1.29, 1.82) is 0 Å². The van der Waals surface area contributed by atoms with E-state index < -0.39 is 12.2 Å². The molecule has 7 heavy (non-hydrogen) atoms. The Morgan fingerprint density at radius 3 is 1.86 bits per heavy atom. The zero-order valence-corrected chi connectivity index (χ0v) is 4.18. The summed E-state index contributed by atoms with van der Waals surface area (Å²) >= 11 is 0. The van der Waals surface area contributed by atoms with Crippen LogP contribution in [0.1, 0.15) is 0 Å². The molecule has 0 radical (unpaired) electrons. The molecular formula is C2H6ClNO3. The van der Waals surface area contributed by atoms with Gasteiger partial charge in [-0.2, -0.15) is 0 Å². The molecule has 0 aromatic carbocycles. The van der Waals surface area contributed by atoms with Crippen LogP contribution in [0.15, 0.2) is 0 Å². The van der Waals surface area contributed by atoms with Gasteiger partial charge in [-0.05, 0) is 0 Å². The number of hydrogen-bond acceptors (Lipinski definition) is 3. The molecule has 4 N–H and O–H groups in total. The van der Waals surface area contributed by atoms with E-state index >= 15 is 0 Å². The maximum Gasteiger partial charge on any atom is 0.347 e. The average molecular weight is 128 g/mol. The van der Waals surface area contributed by atoms with Crippen LogP contribution < -0.4 is 5.73 Å². The average Bonchev–Trinajstić information content (AvgIpc) is 1.36. The van der Waals surface area contributed by atoms with E-state index in [1.807, 2.05) is 0 Å². The van der Waals surface area contributed by atoms with Gasteiger partial charge < -0.3 is 10.2 Å². The fourth-order valence-corrected chi connectivity index (χ4v) is 0. The fourth-order valence-electron chi connectivity index (χ4n) is 0. The van der Waals surface area contributed by atoms with Gasteiger partial charge in [0.25, 0.3) is 0 Å². The van der Waals surface area contributed by atoms with Gasteiger partial charge in [0.15, 0.2) is 0 Å². The van der Waals surface area contributed by atoms with Crippen LogP contribution in [0.25, 0.3) is 0 Å². The second-order valence-corrected chi connectivity index (χ2v) is 0.783. The van der Waals surface area contributed by atoms with Crippen LogP contribution in [0, 0.1) is 0 Å². The molecule has 0 aromatic rings. The van der Waals surface area contributed by atoms with E-state index in [0.29, 0.717) is 0 Å². The van der Waals surface area contributed by atoms with Crippen LogP contribution in [0.4, 0.5) is 0 Å². The van der Waals surface area contributed by atoms with Gasteiger partial charge in [-0.15, -0.1) is 12.4 Å². The highest BCUT2D eigenvalue weighted by atomic mass is 35.5. The minimum absolute atomic E-state index is 0. The van der Waals surface area contributed by atoms with Crippen molar-refractivity contribution in [2.24, 2.45) is 5.73 Å². The molecule has 0 rings (SSSR count). The molecule has 1 atom stereocenters. The third-order valence-electron chi connectivity index (χ3n) is 0.253. The number of halogens is 1. The molecule has 0 aromatic heterocycles. The van der Waals surface area contributed by atoms with E-state index in [-0.39, 0.29) is 12.4 Å². The highest BCUT2D eigenvalue weighted by molar-refractivity contribution is 5.85. The largest absolute Gasteiger partial charge is 0.478 e. The molecule has 1 unspecified atom stereocenters. The molecule has 0 saturated carbocycles. The van der Waals surface area contributed by atoms with E-state index in [4.69, 9.17) is 10.2 Å². The Balaban J connectivity index is 0. The molecule has 0 saturated heterocycles. The zero-order valence-electron chi connectivity index (χ0n) is 3.37. The molecule has 0 bridgehead atoms. The number of carbonyl (C=O) groups is 1. The van der Waals surface area contributed by atoms with Gasteiger partial charge in [0.2, 0.25) is 6.23 Å². The molecule has 4 nitrogen and oxygen atoms in total. The summed E-state index contributed by atoms with van der Waals surface area (Å²) in [7, 11) is 0. The van der Waals surface area contributed by atoms with Crippen LogP contribution in [0.3, 0.4) is 0 Å². The number of rotatable bonds is 1. The molecule has 0 spiro atoms. The van der Waals surface area contributed by atoms with Crippen molar-refractivity contribution in [1.82, 2.24) is 0 Å². The Labute approximate surface area is 46.3 Å². The Morgan fingerprint density at radius 2 is 1.86 bits per heavy atom. The van der Waals surface area contributed by atoms with Gasteiger partial charge in [-0.3, -0.25) is 5.73 Å². The predicted molar refractivity (Wildman–Crippen MR) is 25.1 cm³/mol. The van der Waals surface area contributed by atoms with Gasteiger partial charge in [0.05, 0.1) is 0 Å².